The van der Waals surface area contributed by atoms with E-state index in [0.29, 0.717) is 0 Å². The molecule has 1 aliphatic heterocycles. The molecule has 0 amide bonds. The van der Waals surface area contributed by atoms with Gasteiger partial charge in [-0.15, -0.1) is 0 Å². The number of aliphatic imine (C=N–C) groups is 2. The van der Waals surface area contributed by atoms with E-state index in [1.807, 2.05) is 0 Å². The highest BCUT2D eigenvalue weighted by atomic mass is 19.2. The topological polar surface area (TPSA) is 135 Å². The van der Waals surface area contributed by atoms with Crippen LogP contribution in [-0.4, -0.2) is 34.2 Å². The van der Waals surface area contributed by atoms with Crippen molar-refractivity contribution in [1.29, 1.82) is 15.8 Å². The summed E-state index contributed by atoms with van der Waals surface area (Å²) in [5, 5.41) is 24.4. The Morgan fingerprint density at radius 2 is 1.46 bits per heavy atom. The third-order valence-corrected chi connectivity index (χ3v) is 5.85. The van der Waals surface area contributed by atoms with Crippen molar-refractivity contribution in [2.45, 2.75) is 5.92 Å². The van der Waals surface area contributed by atoms with Crippen LogP contribution in [0.1, 0.15) is 11.6 Å². The molecule has 0 N–H and O–H groups in total. The molecular weight excluding hydrogens is 502 g/mol. The van der Waals surface area contributed by atoms with Crippen molar-refractivity contribution in [2.24, 2.45) is 15.9 Å². The van der Waals surface area contributed by atoms with Crippen molar-refractivity contribution >= 4 is 56.0 Å². The molecule has 14 heteroatoms. The molecule has 1 aromatic carbocycles. The molecule has 37 heavy (non-hydrogen) atoms. The quantitative estimate of drug-likeness (QED) is 0.133. The summed E-state index contributed by atoms with van der Waals surface area (Å²) in [6.07, 6.45) is 0.893. The summed E-state index contributed by atoms with van der Waals surface area (Å²) in [6, 6.07) is 4.60. The van der Waals surface area contributed by atoms with E-state index in [0.717, 1.165) is 6.21 Å². The predicted octanol–water partition coefficient (Wildman–Crippen LogP) is 3.88. The second-order valence-electron chi connectivity index (χ2n) is 7.70. The molecule has 1 aliphatic rings. The number of nitriles is 3. The Bertz CT molecular complexity index is 1950. The lowest BCUT2D eigenvalue weighted by atomic mass is 9.84. The summed E-state index contributed by atoms with van der Waals surface area (Å²) in [7, 11) is 1.24. The lowest BCUT2D eigenvalue weighted by Gasteiger charge is -2.24. The maximum Gasteiger partial charge on any atom is 0.250 e. The molecule has 0 fully saturated rings. The maximum absolute atomic E-state index is 15.3. The number of fused-ring (bicyclic) bond motifs is 2. The van der Waals surface area contributed by atoms with Crippen LogP contribution in [0, 0.1) is 69.4 Å². The predicted molar refractivity (Wildman–Crippen MR) is 116 cm³/mol. The van der Waals surface area contributed by atoms with Gasteiger partial charge in [-0.25, -0.2) is 28.7 Å². The van der Waals surface area contributed by atoms with Crippen LogP contribution in [0.2, 0.25) is 0 Å². The minimum absolute atomic E-state index is 0.509. The van der Waals surface area contributed by atoms with E-state index in [1.54, 1.807) is 6.07 Å². The number of aromatic nitrogens is 3. The Kier molecular flexibility index (Phi) is 5.23. The van der Waals surface area contributed by atoms with Gasteiger partial charge in [-0.1, -0.05) is 0 Å². The molecule has 0 saturated heterocycles. The van der Waals surface area contributed by atoms with Crippen LogP contribution in [0.3, 0.4) is 0 Å². The number of hydrogen-bond donors (Lipinski definition) is 0. The first-order valence-electron chi connectivity index (χ1n) is 10.1. The van der Waals surface area contributed by atoms with Crippen LogP contribution in [-0.2, 0) is 0 Å². The molecule has 0 bridgehead atoms. The standard InChI is InChI=1S/C23H6F6N8/c1-33-5-7(4-32)9-17-13-11(15(25)23(29)37-17)18-12-10(19(13)35-21(9)27)14(24)22(28)36-16(12)8(20(26)34-18)6(2-30)3-31/h5-6,8H,1H3/b9-7-,33-5+. The molecule has 5 rings (SSSR count). The molecular formula is C23H6F6N8. The molecule has 180 valence electrons. The summed E-state index contributed by atoms with van der Waals surface area (Å²) >= 11 is 0. The minimum Gasteiger partial charge on any atom is -0.295 e. The molecule has 1 atom stereocenters. The Morgan fingerprint density at radius 3 is 2.08 bits per heavy atom. The number of nitrogens with zero attached hydrogens (tertiary/aromatic N) is 8. The lowest BCUT2D eigenvalue weighted by molar-refractivity contribution is 0.479. The molecule has 0 aliphatic carbocycles. The second kappa shape index (κ2) is 8.21. The third kappa shape index (κ3) is 3.04. The van der Waals surface area contributed by atoms with Crippen molar-refractivity contribution in [3.63, 3.8) is 0 Å². The fourth-order valence-corrected chi connectivity index (χ4v) is 4.41. The van der Waals surface area contributed by atoms with Gasteiger partial charge in [0.05, 0.1) is 56.1 Å². The number of benzene rings is 1. The Morgan fingerprint density at radius 1 is 0.838 bits per heavy atom. The fourth-order valence-electron chi connectivity index (χ4n) is 4.41. The molecule has 3 aromatic heterocycles. The highest BCUT2D eigenvalue weighted by Crippen LogP contribution is 2.49. The molecule has 0 radical (unpaired) electrons. The first-order valence-corrected chi connectivity index (χ1v) is 10.1. The van der Waals surface area contributed by atoms with Gasteiger partial charge in [0.2, 0.25) is 23.8 Å². The van der Waals surface area contributed by atoms with E-state index in [1.165, 1.54) is 19.2 Å². The zero-order valence-corrected chi connectivity index (χ0v) is 18.1. The van der Waals surface area contributed by atoms with Gasteiger partial charge in [-0.3, -0.25) is 4.99 Å². The minimum atomic E-state index is -1.92. The third-order valence-electron chi connectivity index (χ3n) is 5.85. The van der Waals surface area contributed by atoms with Crippen molar-refractivity contribution < 1.29 is 26.3 Å². The molecule has 4 aromatic rings. The summed E-state index contributed by atoms with van der Waals surface area (Å²) in [5.74, 6) is -13.7. The number of hydrogen-bond acceptors (Lipinski definition) is 8. The smallest absolute Gasteiger partial charge is 0.250 e. The van der Waals surface area contributed by atoms with Crippen LogP contribution < -0.4 is 5.22 Å². The highest BCUT2D eigenvalue weighted by Gasteiger charge is 2.39. The van der Waals surface area contributed by atoms with E-state index in [2.05, 4.69) is 24.9 Å². The summed E-state index contributed by atoms with van der Waals surface area (Å²) in [6.45, 7) is 0. The Labute approximate surface area is 201 Å². The lowest BCUT2D eigenvalue weighted by Crippen LogP contribution is -2.23. The summed E-state index contributed by atoms with van der Waals surface area (Å²) in [4.78, 5) is 17.5. The van der Waals surface area contributed by atoms with E-state index in [4.69, 9.17) is 0 Å². The zero-order valence-electron chi connectivity index (χ0n) is 18.1. The van der Waals surface area contributed by atoms with Gasteiger partial charge >= 0.3 is 0 Å². The van der Waals surface area contributed by atoms with Crippen LogP contribution in [0.15, 0.2) is 9.98 Å². The van der Waals surface area contributed by atoms with Gasteiger partial charge in [0.1, 0.15) is 17.9 Å². The van der Waals surface area contributed by atoms with E-state index in [9.17, 15) is 24.6 Å². The summed E-state index contributed by atoms with van der Waals surface area (Å²) < 4.78 is 90.3. The Hall–Kier alpha value is -5.16. The molecule has 8 nitrogen and oxygen atoms in total. The van der Waals surface area contributed by atoms with Gasteiger partial charge in [0.25, 0.3) is 0 Å². The van der Waals surface area contributed by atoms with Gasteiger partial charge < -0.3 is 0 Å². The Balaban J connectivity index is 2.20. The van der Waals surface area contributed by atoms with Gasteiger partial charge in [0, 0.05) is 24.0 Å². The monoisotopic (exact) mass is 508 g/mol. The molecule has 1 unspecified atom stereocenters. The average molecular weight is 508 g/mol. The normalized spacial score (nSPS) is 15.8. The van der Waals surface area contributed by atoms with Crippen molar-refractivity contribution in [3.8, 4) is 18.2 Å². The number of halogens is 6. The van der Waals surface area contributed by atoms with E-state index < -0.39 is 102 Å². The van der Waals surface area contributed by atoms with E-state index >= 15 is 17.6 Å². The zero-order chi connectivity index (χ0) is 26.8. The average Bonchev–Trinajstić information content (AvgIpc) is 2.86. The van der Waals surface area contributed by atoms with Crippen LogP contribution in [0.25, 0.3) is 38.2 Å². The van der Waals surface area contributed by atoms with Gasteiger partial charge in [-0.2, -0.15) is 33.3 Å². The molecule has 4 heterocycles. The first-order chi connectivity index (χ1) is 17.7. The SMILES string of the molecule is C/N=C/C(C#N)=c1\c(F)nc2c3c(F)c(F)nc4c3c(c3c(F)c(F)nc1c32)N=C(F)C4C(C#N)C#N. The number of rotatable bonds is 2. The molecule has 0 saturated carbocycles. The number of pyridine rings is 3. The van der Waals surface area contributed by atoms with Crippen LogP contribution >= 0.6 is 0 Å². The first kappa shape index (κ1) is 23.6. The summed E-state index contributed by atoms with van der Waals surface area (Å²) in [5.41, 5.74) is -3.46. The van der Waals surface area contributed by atoms with Gasteiger partial charge in [-0.05, 0) is 0 Å². The fraction of sp³-hybridized carbons (Fsp3) is 0.130. The second-order valence-corrected chi connectivity index (χ2v) is 7.70. The van der Waals surface area contributed by atoms with Gasteiger partial charge in [0.15, 0.2) is 11.6 Å². The largest absolute Gasteiger partial charge is 0.295 e. The van der Waals surface area contributed by atoms with Crippen LogP contribution in [0.5, 0.6) is 0 Å². The van der Waals surface area contributed by atoms with Crippen LogP contribution in [0.4, 0.5) is 32.0 Å². The van der Waals surface area contributed by atoms with Crippen molar-refractivity contribution in [3.05, 3.63) is 40.4 Å². The highest BCUT2D eigenvalue weighted by molar-refractivity contribution is 6.28. The molecule has 0 spiro atoms. The van der Waals surface area contributed by atoms with E-state index in [-0.39, 0.29) is 0 Å². The maximum atomic E-state index is 15.3. The van der Waals surface area contributed by atoms with Crippen molar-refractivity contribution in [1.82, 2.24) is 15.0 Å². The van der Waals surface area contributed by atoms with Crippen molar-refractivity contribution in [2.75, 3.05) is 7.05 Å².